The first-order valence-corrected chi connectivity index (χ1v) is 4.10. The van der Waals surface area contributed by atoms with Gasteiger partial charge in [0.2, 0.25) is 0 Å². The molecule has 2 aliphatic carbocycles. The quantitative estimate of drug-likeness (QED) is 0.557. The molecule has 1 saturated carbocycles. The van der Waals surface area contributed by atoms with E-state index >= 15 is 0 Å². The number of hydrogen-bond donors (Lipinski definition) is 0. The smallest absolute Gasteiger partial charge is 0.0901 e. The summed E-state index contributed by atoms with van der Waals surface area (Å²) < 4.78 is 10.7. The van der Waals surface area contributed by atoms with E-state index in [1.165, 1.54) is 6.42 Å². The van der Waals surface area contributed by atoms with Crippen LogP contribution < -0.4 is 0 Å². The topological polar surface area (TPSA) is 18.5 Å². The standard InChI is InChI=1S/C9H14O2/c1-10-8-6-3-4-7(5-6)9(8)11-2/h3-4,6-9H,5H2,1-2H3/t6-,7+,8-,9+. The van der Waals surface area contributed by atoms with E-state index < -0.39 is 0 Å². The Balaban J connectivity index is 2.15. The lowest BCUT2D eigenvalue weighted by Gasteiger charge is -2.25. The van der Waals surface area contributed by atoms with Crippen LogP contribution in [-0.4, -0.2) is 26.4 Å². The molecule has 0 amide bonds. The average Bonchev–Trinajstić information content (AvgIpc) is 2.60. The second-order valence-corrected chi connectivity index (χ2v) is 3.35. The van der Waals surface area contributed by atoms with Crippen LogP contribution in [-0.2, 0) is 9.47 Å². The van der Waals surface area contributed by atoms with E-state index in [4.69, 9.17) is 9.47 Å². The van der Waals surface area contributed by atoms with E-state index in [1.54, 1.807) is 14.2 Å². The molecule has 0 heterocycles. The molecule has 2 bridgehead atoms. The third-order valence-electron chi connectivity index (χ3n) is 2.86. The van der Waals surface area contributed by atoms with Gasteiger partial charge in [0.25, 0.3) is 0 Å². The highest BCUT2D eigenvalue weighted by atomic mass is 16.5. The van der Waals surface area contributed by atoms with Gasteiger partial charge >= 0.3 is 0 Å². The maximum Gasteiger partial charge on any atom is 0.0901 e. The number of hydrogen-bond acceptors (Lipinski definition) is 2. The van der Waals surface area contributed by atoms with E-state index in [2.05, 4.69) is 12.2 Å². The van der Waals surface area contributed by atoms with Gasteiger partial charge in [-0.25, -0.2) is 0 Å². The molecule has 2 aliphatic rings. The van der Waals surface area contributed by atoms with Crippen LogP contribution in [0.2, 0.25) is 0 Å². The number of methoxy groups -OCH3 is 2. The van der Waals surface area contributed by atoms with Gasteiger partial charge in [0, 0.05) is 26.1 Å². The van der Waals surface area contributed by atoms with E-state index in [1.807, 2.05) is 0 Å². The molecule has 1 fully saturated rings. The van der Waals surface area contributed by atoms with Crippen LogP contribution in [0.1, 0.15) is 6.42 Å². The van der Waals surface area contributed by atoms with Crippen LogP contribution >= 0.6 is 0 Å². The summed E-state index contributed by atoms with van der Waals surface area (Å²) in [6, 6.07) is 0. The lowest BCUT2D eigenvalue weighted by Crippen LogP contribution is -2.33. The predicted octanol–water partition coefficient (Wildman–Crippen LogP) is 1.22. The van der Waals surface area contributed by atoms with Crippen molar-refractivity contribution in [3.05, 3.63) is 12.2 Å². The van der Waals surface area contributed by atoms with Crippen molar-refractivity contribution in [2.75, 3.05) is 14.2 Å². The second kappa shape index (κ2) is 2.61. The van der Waals surface area contributed by atoms with Crippen molar-refractivity contribution in [2.45, 2.75) is 18.6 Å². The minimum Gasteiger partial charge on any atom is -0.378 e. The van der Waals surface area contributed by atoms with E-state index in [0.29, 0.717) is 24.0 Å². The molecule has 11 heavy (non-hydrogen) atoms. The zero-order valence-corrected chi connectivity index (χ0v) is 6.99. The minimum atomic E-state index is 0.301. The van der Waals surface area contributed by atoms with Gasteiger partial charge in [-0.05, 0) is 6.42 Å². The second-order valence-electron chi connectivity index (χ2n) is 3.35. The molecule has 0 aromatic rings. The van der Waals surface area contributed by atoms with E-state index in [-0.39, 0.29) is 0 Å². The third kappa shape index (κ3) is 0.932. The Kier molecular flexibility index (Phi) is 1.74. The highest BCUT2D eigenvalue weighted by molar-refractivity contribution is 5.15. The number of fused-ring (bicyclic) bond motifs is 2. The molecular formula is C9H14O2. The summed E-state index contributed by atoms with van der Waals surface area (Å²) >= 11 is 0. The fourth-order valence-corrected chi connectivity index (χ4v) is 2.35. The van der Waals surface area contributed by atoms with Crippen LogP contribution in [0, 0.1) is 11.8 Å². The maximum absolute atomic E-state index is 5.37. The van der Waals surface area contributed by atoms with Crippen molar-refractivity contribution in [1.29, 1.82) is 0 Å². The summed E-state index contributed by atoms with van der Waals surface area (Å²) in [7, 11) is 3.54. The van der Waals surface area contributed by atoms with Gasteiger partial charge in [-0.1, -0.05) is 12.2 Å². The summed E-state index contributed by atoms with van der Waals surface area (Å²) in [5, 5.41) is 0. The highest BCUT2D eigenvalue weighted by Gasteiger charge is 2.44. The minimum absolute atomic E-state index is 0.301. The molecule has 0 aromatic carbocycles. The fraction of sp³-hybridized carbons (Fsp3) is 0.778. The summed E-state index contributed by atoms with van der Waals surface area (Å²) in [6.07, 6.45) is 6.34. The van der Waals surface area contributed by atoms with Gasteiger partial charge in [-0.15, -0.1) is 0 Å². The van der Waals surface area contributed by atoms with Gasteiger partial charge in [0.15, 0.2) is 0 Å². The molecule has 0 aliphatic heterocycles. The first-order chi connectivity index (χ1) is 5.36. The van der Waals surface area contributed by atoms with Crippen LogP contribution in [0.5, 0.6) is 0 Å². The molecule has 2 heteroatoms. The zero-order chi connectivity index (χ0) is 7.84. The zero-order valence-electron chi connectivity index (χ0n) is 6.99. The monoisotopic (exact) mass is 154 g/mol. The van der Waals surface area contributed by atoms with Crippen LogP contribution in [0.15, 0.2) is 12.2 Å². The number of rotatable bonds is 2. The van der Waals surface area contributed by atoms with Crippen molar-refractivity contribution >= 4 is 0 Å². The lowest BCUT2D eigenvalue weighted by atomic mass is 10.0. The van der Waals surface area contributed by atoms with Crippen molar-refractivity contribution in [1.82, 2.24) is 0 Å². The van der Waals surface area contributed by atoms with Crippen LogP contribution in [0.4, 0.5) is 0 Å². The van der Waals surface area contributed by atoms with Gasteiger partial charge < -0.3 is 9.47 Å². The third-order valence-corrected chi connectivity index (χ3v) is 2.86. The molecule has 2 rings (SSSR count). The molecule has 0 unspecified atom stereocenters. The molecule has 62 valence electrons. The van der Waals surface area contributed by atoms with Crippen molar-refractivity contribution in [3.63, 3.8) is 0 Å². The first-order valence-electron chi connectivity index (χ1n) is 4.10. The largest absolute Gasteiger partial charge is 0.378 e. The maximum atomic E-state index is 5.37. The first kappa shape index (κ1) is 7.32. The van der Waals surface area contributed by atoms with E-state index in [9.17, 15) is 0 Å². The molecular weight excluding hydrogens is 140 g/mol. The fourth-order valence-electron chi connectivity index (χ4n) is 2.35. The molecule has 0 spiro atoms. The Morgan fingerprint density at radius 1 is 1.00 bits per heavy atom. The molecule has 0 saturated heterocycles. The Morgan fingerprint density at radius 2 is 1.45 bits per heavy atom. The summed E-state index contributed by atoms with van der Waals surface area (Å²) in [5.74, 6) is 1.21. The molecule has 0 radical (unpaired) electrons. The molecule has 4 atom stereocenters. The van der Waals surface area contributed by atoms with Crippen molar-refractivity contribution < 1.29 is 9.47 Å². The normalized spacial score (nSPS) is 47.1. The van der Waals surface area contributed by atoms with Gasteiger partial charge in [0.05, 0.1) is 12.2 Å². The lowest BCUT2D eigenvalue weighted by molar-refractivity contribution is -0.0404. The SMILES string of the molecule is CO[C@@H]1[C@H](OC)[C@@H]2C=C[C@H]1C2. The summed E-state index contributed by atoms with van der Waals surface area (Å²) in [4.78, 5) is 0. The highest BCUT2D eigenvalue weighted by Crippen LogP contribution is 2.41. The Hall–Kier alpha value is -0.340. The van der Waals surface area contributed by atoms with Crippen LogP contribution in [0.3, 0.4) is 0 Å². The van der Waals surface area contributed by atoms with E-state index in [0.717, 1.165) is 0 Å². The Labute approximate surface area is 67.2 Å². The number of ether oxygens (including phenoxy) is 2. The van der Waals surface area contributed by atoms with Crippen molar-refractivity contribution in [3.8, 4) is 0 Å². The van der Waals surface area contributed by atoms with Gasteiger partial charge in [-0.3, -0.25) is 0 Å². The summed E-state index contributed by atoms with van der Waals surface area (Å²) in [6.45, 7) is 0. The van der Waals surface area contributed by atoms with Crippen LogP contribution in [0.25, 0.3) is 0 Å². The molecule has 0 N–H and O–H groups in total. The molecule has 2 nitrogen and oxygen atoms in total. The van der Waals surface area contributed by atoms with Gasteiger partial charge in [-0.2, -0.15) is 0 Å². The Bertz CT molecular complexity index is 158. The summed E-state index contributed by atoms with van der Waals surface area (Å²) in [5.41, 5.74) is 0. The molecule has 0 aromatic heterocycles. The average molecular weight is 154 g/mol. The van der Waals surface area contributed by atoms with Crippen molar-refractivity contribution in [2.24, 2.45) is 11.8 Å². The Morgan fingerprint density at radius 3 is 1.82 bits per heavy atom. The van der Waals surface area contributed by atoms with Gasteiger partial charge in [0.1, 0.15) is 0 Å². The predicted molar refractivity (Wildman–Crippen MR) is 42.3 cm³/mol.